The van der Waals surface area contributed by atoms with Crippen LogP contribution >= 0.6 is 0 Å². The SMILES string of the molecule is CC1CONC(OC(=O)c2ccccc2)C1. The highest BCUT2D eigenvalue weighted by molar-refractivity contribution is 5.89. The molecule has 1 aromatic rings. The van der Waals surface area contributed by atoms with Crippen molar-refractivity contribution < 1.29 is 14.4 Å². The largest absolute Gasteiger partial charge is 0.441 e. The molecule has 2 atom stereocenters. The molecule has 86 valence electrons. The molecule has 0 bridgehead atoms. The van der Waals surface area contributed by atoms with E-state index in [1.54, 1.807) is 12.1 Å². The number of hydrogen-bond acceptors (Lipinski definition) is 4. The molecule has 0 radical (unpaired) electrons. The fourth-order valence-corrected chi connectivity index (χ4v) is 1.61. The number of rotatable bonds is 2. The number of hydrogen-bond donors (Lipinski definition) is 1. The normalized spacial score (nSPS) is 25.1. The van der Waals surface area contributed by atoms with Gasteiger partial charge in [-0.25, -0.2) is 4.79 Å². The summed E-state index contributed by atoms with van der Waals surface area (Å²) in [4.78, 5) is 16.8. The molecule has 0 aliphatic carbocycles. The molecule has 1 aliphatic rings. The average molecular weight is 221 g/mol. The van der Waals surface area contributed by atoms with Crippen LogP contribution in [0.15, 0.2) is 30.3 Å². The Bertz CT molecular complexity index is 353. The summed E-state index contributed by atoms with van der Waals surface area (Å²) < 4.78 is 5.27. The predicted octanol–water partition coefficient (Wildman–Crippen LogP) is 1.73. The fraction of sp³-hybridized carbons (Fsp3) is 0.417. The molecule has 0 amide bonds. The Kier molecular flexibility index (Phi) is 3.54. The monoisotopic (exact) mass is 221 g/mol. The third kappa shape index (κ3) is 2.81. The molecule has 2 rings (SSSR count). The summed E-state index contributed by atoms with van der Waals surface area (Å²) in [6.45, 7) is 2.71. The molecule has 0 aromatic heterocycles. The van der Waals surface area contributed by atoms with Crippen molar-refractivity contribution in [2.75, 3.05) is 6.61 Å². The first-order valence-corrected chi connectivity index (χ1v) is 5.39. The van der Waals surface area contributed by atoms with Crippen molar-refractivity contribution in [1.29, 1.82) is 0 Å². The van der Waals surface area contributed by atoms with E-state index in [9.17, 15) is 4.79 Å². The van der Waals surface area contributed by atoms with E-state index in [-0.39, 0.29) is 12.2 Å². The zero-order chi connectivity index (χ0) is 11.4. The maximum atomic E-state index is 11.7. The van der Waals surface area contributed by atoms with Gasteiger partial charge in [-0.2, -0.15) is 5.48 Å². The Morgan fingerprint density at radius 1 is 1.44 bits per heavy atom. The zero-order valence-corrected chi connectivity index (χ0v) is 9.18. The van der Waals surface area contributed by atoms with Crippen LogP contribution in [0.5, 0.6) is 0 Å². The van der Waals surface area contributed by atoms with Crippen molar-refractivity contribution in [2.45, 2.75) is 19.6 Å². The number of carbonyl (C=O) groups is 1. The molecule has 0 saturated carbocycles. The highest BCUT2D eigenvalue weighted by Gasteiger charge is 2.22. The van der Waals surface area contributed by atoms with Gasteiger partial charge in [0.05, 0.1) is 12.2 Å². The topological polar surface area (TPSA) is 47.6 Å². The predicted molar refractivity (Wildman–Crippen MR) is 58.5 cm³/mol. The summed E-state index contributed by atoms with van der Waals surface area (Å²) in [6.07, 6.45) is 0.426. The quantitative estimate of drug-likeness (QED) is 0.773. The van der Waals surface area contributed by atoms with Gasteiger partial charge in [0.1, 0.15) is 0 Å². The summed E-state index contributed by atoms with van der Waals surface area (Å²) in [5.41, 5.74) is 3.27. The van der Waals surface area contributed by atoms with Crippen LogP contribution in [0.2, 0.25) is 0 Å². The van der Waals surface area contributed by atoms with Crippen LogP contribution in [0.4, 0.5) is 0 Å². The van der Waals surface area contributed by atoms with Gasteiger partial charge in [-0.1, -0.05) is 25.1 Å². The zero-order valence-electron chi connectivity index (χ0n) is 9.18. The first-order valence-electron chi connectivity index (χ1n) is 5.39. The molecule has 1 heterocycles. The van der Waals surface area contributed by atoms with Gasteiger partial charge in [0.2, 0.25) is 0 Å². The van der Waals surface area contributed by atoms with Gasteiger partial charge < -0.3 is 4.74 Å². The molecular formula is C12H15NO3. The molecule has 0 spiro atoms. The summed E-state index contributed by atoms with van der Waals surface area (Å²) >= 11 is 0. The summed E-state index contributed by atoms with van der Waals surface area (Å²) in [7, 11) is 0. The molecule has 1 aliphatic heterocycles. The minimum atomic E-state index is -0.351. The molecule has 1 fully saturated rings. The lowest BCUT2D eigenvalue weighted by Gasteiger charge is -2.27. The van der Waals surface area contributed by atoms with Gasteiger partial charge >= 0.3 is 5.97 Å². The molecule has 16 heavy (non-hydrogen) atoms. The average Bonchev–Trinajstić information content (AvgIpc) is 2.30. The molecule has 1 saturated heterocycles. The number of nitrogens with one attached hydrogen (secondary N) is 1. The first-order chi connectivity index (χ1) is 7.75. The van der Waals surface area contributed by atoms with Gasteiger partial charge in [-0.15, -0.1) is 0 Å². The smallest absolute Gasteiger partial charge is 0.339 e. The lowest BCUT2D eigenvalue weighted by molar-refractivity contribution is -0.119. The van der Waals surface area contributed by atoms with E-state index in [0.717, 1.165) is 6.42 Å². The van der Waals surface area contributed by atoms with E-state index < -0.39 is 0 Å². The van der Waals surface area contributed by atoms with E-state index in [0.29, 0.717) is 18.1 Å². The van der Waals surface area contributed by atoms with Crippen LogP contribution in [0.25, 0.3) is 0 Å². The highest BCUT2D eigenvalue weighted by Crippen LogP contribution is 2.14. The Morgan fingerprint density at radius 2 is 2.19 bits per heavy atom. The number of hydroxylamine groups is 1. The van der Waals surface area contributed by atoms with Crippen LogP contribution in [-0.4, -0.2) is 18.8 Å². The molecule has 1 aromatic carbocycles. The van der Waals surface area contributed by atoms with E-state index in [4.69, 9.17) is 9.57 Å². The summed E-state index contributed by atoms with van der Waals surface area (Å²) in [5, 5.41) is 0. The van der Waals surface area contributed by atoms with E-state index in [1.165, 1.54) is 0 Å². The lowest BCUT2D eigenvalue weighted by atomic mass is 10.1. The van der Waals surface area contributed by atoms with Gasteiger partial charge in [-0.3, -0.25) is 4.84 Å². The van der Waals surface area contributed by atoms with Crippen molar-refractivity contribution in [2.24, 2.45) is 5.92 Å². The summed E-state index contributed by atoms with van der Waals surface area (Å²) in [5.74, 6) is 0.0747. The lowest BCUT2D eigenvalue weighted by Crippen LogP contribution is -2.41. The van der Waals surface area contributed by atoms with Crippen LogP contribution < -0.4 is 5.48 Å². The second kappa shape index (κ2) is 5.09. The third-order valence-corrected chi connectivity index (χ3v) is 2.46. The van der Waals surface area contributed by atoms with E-state index in [1.807, 2.05) is 18.2 Å². The standard InChI is InChI=1S/C12H15NO3/c1-9-7-11(13-15-8-9)16-12(14)10-5-3-2-4-6-10/h2-6,9,11,13H,7-8H2,1H3. The minimum absolute atomic E-state index is 0.323. The van der Waals surface area contributed by atoms with Gasteiger partial charge in [0, 0.05) is 6.42 Å². The van der Waals surface area contributed by atoms with Crippen molar-refractivity contribution in [1.82, 2.24) is 5.48 Å². The van der Waals surface area contributed by atoms with Crippen LogP contribution in [0, 0.1) is 5.92 Å². The Hall–Kier alpha value is -1.39. The van der Waals surface area contributed by atoms with Crippen LogP contribution in [0.1, 0.15) is 23.7 Å². The van der Waals surface area contributed by atoms with E-state index >= 15 is 0 Å². The third-order valence-electron chi connectivity index (χ3n) is 2.46. The Labute approximate surface area is 94.5 Å². The molecule has 4 heteroatoms. The van der Waals surface area contributed by atoms with Crippen molar-refractivity contribution in [3.63, 3.8) is 0 Å². The molecular weight excluding hydrogens is 206 g/mol. The van der Waals surface area contributed by atoms with Gasteiger partial charge in [0.25, 0.3) is 0 Å². The maximum absolute atomic E-state index is 11.7. The minimum Gasteiger partial charge on any atom is -0.441 e. The van der Waals surface area contributed by atoms with Gasteiger partial charge in [-0.05, 0) is 18.1 Å². The van der Waals surface area contributed by atoms with Crippen LogP contribution in [-0.2, 0) is 9.57 Å². The van der Waals surface area contributed by atoms with Crippen molar-refractivity contribution in [3.8, 4) is 0 Å². The highest BCUT2D eigenvalue weighted by atomic mass is 16.7. The Morgan fingerprint density at radius 3 is 2.88 bits per heavy atom. The molecule has 1 N–H and O–H groups in total. The Balaban J connectivity index is 1.92. The van der Waals surface area contributed by atoms with Crippen molar-refractivity contribution >= 4 is 5.97 Å². The second-order valence-corrected chi connectivity index (χ2v) is 4.03. The second-order valence-electron chi connectivity index (χ2n) is 4.03. The first kappa shape index (κ1) is 11.1. The van der Waals surface area contributed by atoms with E-state index in [2.05, 4.69) is 12.4 Å². The fourth-order valence-electron chi connectivity index (χ4n) is 1.61. The van der Waals surface area contributed by atoms with Crippen LogP contribution in [0.3, 0.4) is 0 Å². The number of esters is 1. The number of ether oxygens (including phenoxy) is 1. The maximum Gasteiger partial charge on any atom is 0.339 e. The number of carbonyl (C=O) groups excluding carboxylic acids is 1. The molecule has 2 unspecified atom stereocenters. The summed E-state index contributed by atoms with van der Waals surface area (Å²) in [6, 6.07) is 8.94. The van der Waals surface area contributed by atoms with Crippen molar-refractivity contribution in [3.05, 3.63) is 35.9 Å². The number of benzene rings is 1. The van der Waals surface area contributed by atoms with Gasteiger partial charge in [0.15, 0.2) is 6.23 Å². The molecule has 4 nitrogen and oxygen atoms in total.